The second kappa shape index (κ2) is 8.26. The highest BCUT2D eigenvalue weighted by atomic mass is 35.5. The summed E-state index contributed by atoms with van der Waals surface area (Å²) >= 11 is 5.76. The van der Waals surface area contributed by atoms with Crippen LogP contribution in [0.25, 0.3) is 6.08 Å². The Morgan fingerprint density at radius 1 is 1.17 bits per heavy atom. The molecule has 24 heavy (non-hydrogen) atoms. The van der Waals surface area contributed by atoms with Gasteiger partial charge in [0, 0.05) is 22.3 Å². The van der Waals surface area contributed by atoms with Gasteiger partial charge in [0.25, 0.3) is 5.91 Å². The Labute approximate surface area is 143 Å². The van der Waals surface area contributed by atoms with Crippen LogP contribution in [0.5, 0.6) is 0 Å². The summed E-state index contributed by atoms with van der Waals surface area (Å²) in [5, 5.41) is 3.15. The van der Waals surface area contributed by atoms with Crippen LogP contribution in [0.3, 0.4) is 0 Å². The minimum absolute atomic E-state index is 0.257. The fraction of sp³-hybridized carbons (Fsp3) is 0.111. The molecule has 6 heteroatoms. The Kier molecular flexibility index (Phi) is 6.09. The fourth-order valence-electron chi connectivity index (χ4n) is 1.81. The molecule has 2 aromatic rings. The van der Waals surface area contributed by atoms with Crippen molar-refractivity contribution in [2.24, 2.45) is 0 Å². The molecule has 0 spiro atoms. The number of amides is 1. The van der Waals surface area contributed by atoms with E-state index in [2.05, 4.69) is 5.32 Å². The predicted octanol–water partition coefficient (Wildman–Crippen LogP) is 4.06. The van der Waals surface area contributed by atoms with Gasteiger partial charge in [-0.05, 0) is 43.3 Å². The molecule has 0 aliphatic heterocycles. The van der Waals surface area contributed by atoms with E-state index < -0.39 is 23.8 Å². The Morgan fingerprint density at radius 2 is 1.83 bits per heavy atom. The lowest BCUT2D eigenvalue weighted by atomic mass is 10.2. The van der Waals surface area contributed by atoms with Gasteiger partial charge in [-0.25, -0.2) is 9.18 Å². The predicted molar refractivity (Wildman–Crippen MR) is 91.1 cm³/mol. The van der Waals surface area contributed by atoms with Gasteiger partial charge in [0.15, 0.2) is 6.10 Å². The molecular formula is C18H15ClFNO3. The molecule has 0 heterocycles. The monoisotopic (exact) mass is 347 g/mol. The van der Waals surface area contributed by atoms with E-state index in [4.69, 9.17) is 16.3 Å². The summed E-state index contributed by atoms with van der Waals surface area (Å²) in [7, 11) is 0. The lowest BCUT2D eigenvalue weighted by Gasteiger charge is -2.12. The third kappa shape index (κ3) is 5.21. The number of esters is 1. The zero-order chi connectivity index (χ0) is 17.5. The maximum atomic E-state index is 13.4. The van der Waals surface area contributed by atoms with Crippen LogP contribution in [-0.2, 0) is 14.3 Å². The summed E-state index contributed by atoms with van der Waals surface area (Å²) in [5.41, 5.74) is 0.793. The van der Waals surface area contributed by atoms with Gasteiger partial charge in [-0.3, -0.25) is 4.79 Å². The first-order chi connectivity index (χ1) is 11.5. The summed E-state index contributed by atoms with van der Waals surface area (Å²) in [6.07, 6.45) is 1.37. The molecular weight excluding hydrogens is 333 g/mol. The second-order valence-corrected chi connectivity index (χ2v) is 5.37. The average Bonchev–Trinajstić information content (AvgIpc) is 2.56. The van der Waals surface area contributed by atoms with Gasteiger partial charge in [0.05, 0.1) is 0 Å². The van der Waals surface area contributed by atoms with E-state index in [0.717, 1.165) is 6.08 Å². The first kappa shape index (κ1) is 17.7. The quantitative estimate of drug-likeness (QED) is 0.655. The van der Waals surface area contributed by atoms with Gasteiger partial charge in [0.2, 0.25) is 0 Å². The van der Waals surface area contributed by atoms with Crippen molar-refractivity contribution in [3.8, 4) is 0 Å². The zero-order valence-electron chi connectivity index (χ0n) is 12.8. The van der Waals surface area contributed by atoms with Gasteiger partial charge in [0.1, 0.15) is 5.82 Å². The van der Waals surface area contributed by atoms with Gasteiger partial charge in [-0.15, -0.1) is 0 Å². The van der Waals surface area contributed by atoms with Crippen molar-refractivity contribution < 1.29 is 18.7 Å². The van der Waals surface area contributed by atoms with E-state index in [0.29, 0.717) is 10.7 Å². The summed E-state index contributed by atoms with van der Waals surface area (Å²) in [5.74, 6) is -1.67. The molecule has 0 fully saturated rings. The molecule has 0 aromatic heterocycles. The SMILES string of the molecule is C[C@H](OC(=O)/C=C/c1ccccc1F)C(=O)Nc1ccc(Cl)cc1. The lowest BCUT2D eigenvalue weighted by Crippen LogP contribution is -2.29. The van der Waals surface area contributed by atoms with Gasteiger partial charge >= 0.3 is 5.97 Å². The van der Waals surface area contributed by atoms with Crippen LogP contribution >= 0.6 is 11.6 Å². The number of carbonyl (C=O) groups is 2. The number of anilines is 1. The molecule has 1 N–H and O–H groups in total. The minimum atomic E-state index is -1.00. The molecule has 0 saturated heterocycles. The van der Waals surface area contributed by atoms with Crippen molar-refractivity contribution >= 4 is 35.2 Å². The van der Waals surface area contributed by atoms with Crippen LogP contribution in [-0.4, -0.2) is 18.0 Å². The number of hydrogen-bond donors (Lipinski definition) is 1. The number of hydrogen-bond acceptors (Lipinski definition) is 3. The van der Waals surface area contributed by atoms with Crippen molar-refractivity contribution in [2.75, 3.05) is 5.32 Å². The second-order valence-electron chi connectivity index (χ2n) is 4.93. The average molecular weight is 348 g/mol. The van der Waals surface area contributed by atoms with Crippen LogP contribution in [0.15, 0.2) is 54.6 Å². The van der Waals surface area contributed by atoms with Gasteiger partial charge < -0.3 is 10.1 Å². The number of benzene rings is 2. The molecule has 4 nitrogen and oxygen atoms in total. The van der Waals surface area contributed by atoms with E-state index in [1.165, 1.54) is 25.1 Å². The molecule has 0 aliphatic rings. The summed E-state index contributed by atoms with van der Waals surface area (Å²) < 4.78 is 18.4. The van der Waals surface area contributed by atoms with Crippen LogP contribution in [0.2, 0.25) is 5.02 Å². The molecule has 0 unspecified atom stereocenters. The summed E-state index contributed by atoms with van der Waals surface area (Å²) in [6, 6.07) is 12.5. The van der Waals surface area contributed by atoms with Crippen molar-refractivity contribution in [1.29, 1.82) is 0 Å². The van der Waals surface area contributed by atoms with Crippen molar-refractivity contribution in [2.45, 2.75) is 13.0 Å². The van der Waals surface area contributed by atoms with E-state index in [1.807, 2.05) is 0 Å². The van der Waals surface area contributed by atoms with Crippen molar-refractivity contribution in [3.05, 3.63) is 71.0 Å². The smallest absolute Gasteiger partial charge is 0.331 e. The van der Waals surface area contributed by atoms with Crippen molar-refractivity contribution in [1.82, 2.24) is 0 Å². The lowest BCUT2D eigenvalue weighted by molar-refractivity contribution is -0.148. The fourth-order valence-corrected chi connectivity index (χ4v) is 1.94. The summed E-state index contributed by atoms with van der Waals surface area (Å²) in [4.78, 5) is 23.7. The molecule has 2 aromatic carbocycles. The largest absolute Gasteiger partial charge is 0.449 e. The van der Waals surface area contributed by atoms with E-state index in [-0.39, 0.29) is 5.56 Å². The number of ether oxygens (including phenoxy) is 1. The Balaban J connectivity index is 1.90. The number of nitrogens with one attached hydrogen (secondary N) is 1. The zero-order valence-corrected chi connectivity index (χ0v) is 13.6. The molecule has 124 valence electrons. The van der Waals surface area contributed by atoms with Crippen LogP contribution < -0.4 is 5.32 Å². The highest BCUT2D eigenvalue weighted by Crippen LogP contribution is 2.14. The molecule has 1 atom stereocenters. The minimum Gasteiger partial charge on any atom is -0.449 e. The van der Waals surface area contributed by atoms with Crippen LogP contribution in [0.4, 0.5) is 10.1 Å². The number of rotatable bonds is 5. The standard InChI is InChI=1S/C18H15ClFNO3/c1-12(18(23)21-15-9-7-14(19)8-10-15)24-17(22)11-6-13-4-2-3-5-16(13)20/h2-12H,1H3,(H,21,23)/b11-6+/t12-/m0/s1. The van der Waals surface area contributed by atoms with Gasteiger partial charge in [-0.2, -0.15) is 0 Å². The maximum absolute atomic E-state index is 13.4. The molecule has 1 amide bonds. The van der Waals surface area contributed by atoms with Crippen LogP contribution in [0.1, 0.15) is 12.5 Å². The van der Waals surface area contributed by atoms with Crippen LogP contribution in [0, 0.1) is 5.82 Å². The summed E-state index contributed by atoms with van der Waals surface area (Å²) in [6.45, 7) is 1.44. The Bertz CT molecular complexity index is 759. The maximum Gasteiger partial charge on any atom is 0.331 e. The molecule has 0 aliphatic carbocycles. The molecule has 0 radical (unpaired) electrons. The normalized spacial score (nSPS) is 12.0. The molecule has 0 bridgehead atoms. The van der Waals surface area contributed by atoms with E-state index in [1.54, 1.807) is 36.4 Å². The van der Waals surface area contributed by atoms with Crippen molar-refractivity contribution in [3.63, 3.8) is 0 Å². The first-order valence-electron chi connectivity index (χ1n) is 7.15. The third-order valence-electron chi connectivity index (χ3n) is 3.08. The first-order valence-corrected chi connectivity index (χ1v) is 7.53. The van der Waals surface area contributed by atoms with E-state index in [9.17, 15) is 14.0 Å². The molecule has 0 saturated carbocycles. The Morgan fingerprint density at radius 3 is 2.50 bits per heavy atom. The number of carbonyl (C=O) groups excluding carboxylic acids is 2. The van der Waals surface area contributed by atoms with Gasteiger partial charge in [-0.1, -0.05) is 29.8 Å². The topological polar surface area (TPSA) is 55.4 Å². The van der Waals surface area contributed by atoms with E-state index >= 15 is 0 Å². The number of halogens is 2. The highest BCUT2D eigenvalue weighted by Gasteiger charge is 2.16. The Hall–Kier alpha value is -2.66. The third-order valence-corrected chi connectivity index (χ3v) is 3.33. The highest BCUT2D eigenvalue weighted by molar-refractivity contribution is 6.30. The molecule has 2 rings (SSSR count).